The van der Waals surface area contributed by atoms with Crippen molar-refractivity contribution in [3.8, 4) is 0 Å². The molecule has 0 bridgehead atoms. The molecular formula is C14H27Cl2N5O. The summed E-state index contributed by atoms with van der Waals surface area (Å²) in [5.41, 5.74) is 5.67. The zero-order valence-corrected chi connectivity index (χ0v) is 14.9. The van der Waals surface area contributed by atoms with E-state index in [0.29, 0.717) is 6.42 Å². The fourth-order valence-corrected chi connectivity index (χ4v) is 2.66. The number of carbonyl (C=O) groups is 1. The van der Waals surface area contributed by atoms with Crippen LogP contribution in [0.2, 0.25) is 0 Å². The van der Waals surface area contributed by atoms with E-state index >= 15 is 0 Å². The predicted molar refractivity (Wildman–Crippen MR) is 91.5 cm³/mol. The average Bonchev–Trinajstić information content (AvgIpc) is 2.64. The Kier molecular flexibility index (Phi) is 9.64. The number of fused-ring (bicyclic) bond motifs is 1. The van der Waals surface area contributed by atoms with Crippen LogP contribution in [0.5, 0.6) is 0 Å². The highest BCUT2D eigenvalue weighted by Crippen LogP contribution is 2.20. The molecule has 2 heterocycles. The van der Waals surface area contributed by atoms with Gasteiger partial charge in [-0.25, -0.2) is 0 Å². The van der Waals surface area contributed by atoms with E-state index in [1.54, 1.807) is 0 Å². The summed E-state index contributed by atoms with van der Waals surface area (Å²) < 4.78 is 2.19. The molecule has 8 heteroatoms. The maximum atomic E-state index is 11.9. The molecule has 1 amide bonds. The first-order valence-electron chi connectivity index (χ1n) is 7.58. The molecule has 2 atom stereocenters. The second-order valence-corrected chi connectivity index (χ2v) is 5.65. The van der Waals surface area contributed by atoms with Gasteiger partial charge in [0, 0.05) is 25.4 Å². The first-order chi connectivity index (χ1) is 9.61. The number of carbonyl (C=O) groups excluding carboxylic acids is 1. The van der Waals surface area contributed by atoms with Gasteiger partial charge in [0.2, 0.25) is 5.91 Å². The summed E-state index contributed by atoms with van der Waals surface area (Å²) in [4.78, 5) is 11.9. The van der Waals surface area contributed by atoms with Gasteiger partial charge in [0.1, 0.15) is 5.82 Å². The van der Waals surface area contributed by atoms with Crippen molar-refractivity contribution in [2.45, 2.75) is 71.0 Å². The van der Waals surface area contributed by atoms with E-state index in [1.165, 1.54) is 12.8 Å². The van der Waals surface area contributed by atoms with Gasteiger partial charge in [0.05, 0.1) is 6.04 Å². The van der Waals surface area contributed by atoms with Crippen LogP contribution < -0.4 is 11.1 Å². The van der Waals surface area contributed by atoms with Crippen LogP contribution in [-0.4, -0.2) is 26.7 Å². The second kappa shape index (κ2) is 10.0. The Labute approximate surface area is 144 Å². The molecule has 22 heavy (non-hydrogen) atoms. The van der Waals surface area contributed by atoms with Crippen molar-refractivity contribution in [2.24, 2.45) is 5.73 Å². The molecule has 2 unspecified atom stereocenters. The van der Waals surface area contributed by atoms with Crippen LogP contribution in [0.4, 0.5) is 0 Å². The van der Waals surface area contributed by atoms with Crippen molar-refractivity contribution in [3.63, 3.8) is 0 Å². The number of halogens is 2. The standard InChI is InChI=1S/C14H25N5O.2ClH/c1-3-11(16-13(20)9-10(2)15)14-18-17-12-7-5-4-6-8-19(12)14;;/h10-11H,3-9,15H2,1-2H3,(H,16,20);2*1H. The highest BCUT2D eigenvalue weighted by atomic mass is 35.5. The normalized spacial score (nSPS) is 16.3. The molecule has 6 nitrogen and oxygen atoms in total. The topological polar surface area (TPSA) is 85.8 Å². The molecule has 0 saturated heterocycles. The number of nitrogens with zero attached hydrogens (tertiary/aromatic N) is 3. The van der Waals surface area contributed by atoms with Crippen molar-refractivity contribution in [1.29, 1.82) is 0 Å². The molecule has 1 aromatic heterocycles. The molecule has 1 aliphatic heterocycles. The van der Waals surface area contributed by atoms with Crippen LogP contribution in [0.3, 0.4) is 0 Å². The lowest BCUT2D eigenvalue weighted by Gasteiger charge is -2.18. The molecule has 0 aromatic carbocycles. The molecule has 0 spiro atoms. The Morgan fingerprint density at radius 2 is 2.05 bits per heavy atom. The van der Waals surface area contributed by atoms with Gasteiger partial charge in [-0.1, -0.05) is 13.3 Å². The number of rotatable bonds is 5. The van der Waals surface area contributed by atoms with Crippen LogP contribution >= 0.6 is 24.8 Å². The van der Waals surface area contributed by atoms with Crippen LogP contribution in [0.1, 0.15) is 63.6 Å². The molecule has 0 saturated carbocycles. The zero-order chi connectivity index (χ0) is 14.5. The van der Waals surface area contributed by atoms with Crippen LogP contribution in [0.15, 0.2) is 0 Å². The second-order valence-electron chi connectivity index (χ2n) is 5.65. The summed E-state index contributed by atoms with van der Waals surface area (Å²) in [5.74, 6) is 1.93. The number of hydrogen-bond donors (Lipinski definition) is 2. The molecule has 0 aliphatic carbocycles. The summed E-state index contributed by atoms with van der Waals surface area (Å²) >= 11 is 0. The van der Waals surface area contributed by atoms with Gasteiger partial charge in [-0.3, -0.25) is 4.79 Å². The minimum absolute atomic E-state index is 0. The summed E-state index contributed by atoms with van der Waals surface area (Å²) in [5, 5.41) is 11.6. The minimum Gasteiger partial charge on any atom is -0.346 e. The third-order valence-corrected chi connectivity index (χ3v) is 3.70. The molecule has 2 rings (SSSR count). The zero-order valence-electron chi connectivity index (χ0n) is 13.2. The molecule has 3 N–H and O–H groups in total. The number of aryl methyl sites for hydroxylation is 1. The van der Waals surface area contributed by atoms with Crippen LogP contribution in [-0.2, 0) is 17.8 Å². The van der Waals surface area contributed by atoms with E-state index in [2.05, 4.69) is 27.0 Å². The third-order valence-electron chi connectivity index (χ3n) is 3.70. The van der Waals surface area contributed by atoms with Crippen molar-refractivity contribution >= 4 is 30.7 Å². The van der Waals surface area contributed by atoms with E-state index < -0.39 is 0 Å². The number of nitrogens with one attached hydrogen (secondary N) is 1. The number of nitrogens with two attached hydrogens (primary N) is 1. The molecule has 0 fully saturated rings. The Hall–Kier alpha value is -0.850. The lowest BCUT2D eigenvalue weighted by atomic mass is 10.1. The lowest BCUT2D eigenvalue weighted by molar-refractivity contribution is -0.122. The highest BCUT2D eigenvalue weighted by molar-refractivity contribution is 5.85. The summed E-state index contributed by atoms with van der Waals surface area (Å²) in [6.07, 6.45) is 5.70. The Balaban J connectivity index is 0.00000220. The van der Waals surface area contributed by atoms with Gasteiger partial charge in [0.25, 0.3) is 0 Å². The smallest absolute Gasteiger partial charge is 0.222 e. The van der Waals surface area contributed by atoms with Gasteiger partial charge in [-0.05, 0) is 26.2 Å². The molecule has 1 aliphatic rings. The van der Waals surface area contributed by atoms with E-state index in [1.807, 2.05) is 6.92 Å². The van der Waals surface area contributed by atoms with E-state index in [0.717, 1.165) is 37.5 Å². The Morgan fingerprint density at radius 1 is 1.32 bits per heavy atom. The average molecular weight is 352 g/mol. The quantitative estimate of drug-likeness (QED) is 0.850. The molecule has 128 valence electrons. The monoisotopic (exact) mass is 351 g/mol. The fraction of sp³-hybridized carbons (Fsp3) is 0.786. The molecule has 0 radical (unpaired) electrons. The van der Waals surface area contributed by atoms with E-state index in [-0.39, 0.29) is 42.8 Å². The fourth-order valence-electron chi connectivity index (χ4n) is 2.66. The highest BCUT2D eigenvalue weighted by Gasteiger charge is 2.22. The van der Waals surface area contributed by atoms with Crippen molar-refractivity contribution in [2.75, 3.05) is 0 Å². The first-order valence-corrected chi connectivity index (χ1v) is 7.58. The van der Waals surface area contributed by atoms with E-state index in [4.69, 9.17) is 5.73 Å². The Morgan fingerprint density at radius 3 is 2.68 bits per heavy atom. The van der Waals surface area contributed by atoms with Gasteiger partial charge >= 0.3 is 0 Å². The number of amides is 1. The van der Waals surface area contributed by atoms with Crippen molar-refractivity contribution in [3.05, 3.63) is 11.6 Å². The first kappa shape index (κ1) is 21.1. The Bertz CT molecular complexity index is 464. The van der Waals surface area contributed by atoms with E-state index in [9.17, 15) is 4.79 Å². The largest absolute Gasteiger partial charge is 0.346 e. The summed E-state index contributed by atoms with van der Waals surface area (Å²) in [7, 11) is 0. The maximum absolute atomic E-state index is 11.9. The van der Waals surface area contributed by atoms with Crippen molar-refractivity contribution in [1.82, 2.24) is 20.1 Å². The van der Waals surface area contributed by atoms with Crippen molar-refractivity contribution < 1.29 is 4.79 Å². The predicted octanol–water partition coefficient (Wildman–Crippen LogP) is 2.15. The maximum Gasteiger partial charge on any atom is 0.222 e. The number of hydrogen-bond acceptors (Lipinski definition) is 4. The molecular weight excluding hydrogens is 325 g/mol. The van der Waals surface area contributed by atoms with Gasteiger partial charge in [-0.2, -0.15) is 0 Å². The van der Waals surface area contributed by atoms with Crippen LogP contribution in [0, 0.1) is 0 Å². The van der Waals surface area contributed by atoms with Gasteiger partial charge < -0.3 is 15.6 Å². The SMILES string of the molecule is CCC(NC(=O)CC(C)N)c1nnc2n1CCCCC2.Cl.Cl. The third kappa shape index (κ3) is 5.41. The van der Waals surface area contributed by atoms with Gasteiger partial charge in [0.15, 0.2) is 5.82 Å². The molecule has 1 aromatic rings. The minimum atomic E-state index is -0.122. The summed E-state index contributed by atoms with van der Waals surface area (Å²) in [6.45, 7) is 4.84. The number of aromatic nitrogens is 3. The van der Waals surface area contributed by atoms with Crippen LogP contribution in [0.25, 0.3) is 0 Å². The van der Waals surface area contributed by atoms with Gasteiger partial charge in [-0.15, -0.1) is 35.0 Å². The lowest BCUT2D eigenvalue weighted by Crippen LogP contribution is -2.34. The summed E-state index contributed by atoms with van der Waals surface area (Å²) in [6, 6.07) is -0.191.